The highest BCUT2D eigenvalue weighted by molar-refractivity contribution is 6.04. The highest BCUT2D eigenvalue weighted by Crippen LogP contribution is 2.21. The normalized spacial score (nSPS) is 10.9. The smallest absolute Gasteiger partial charge is 0.188 e. The van der Waals surface area contributed by atoms with Crippen LogP contribution in [0.2, 0.25) is 0 Å². The number of fused-ring (bicyclic) bond motifs is 3. The first-order chi connectivity index (χ1) is 7.34. The largest absolute Gasteiger partial charge is 0.619 e. The molecule has 3 heteroatoms. The van der Waals surface area contributed by atoms with E-state index in [1.807, 2.05) is 24.3 Å². The molecule has 0 spiro atoms. The summed E-state index contributed by atoms with van der Waals surface area (Å²) in [6.45, 7) is 0. The van der Waals surface area contributed by atoms with Crippen LogP contribution >= 0.6 is 0 Å². The lowest BCUT2D eigenvalue weighted by Gasteiger charge is -2.02. The molecule has 0 radical (unpaired) electrons. The Kier molecular flexibility index (Phi) is 1.59. The van der Waals surface area contributed by atoms with E-state index in [9.17, 15) is 5.21 Å². The van der Waals surface area contributed by atoms with Crippen molar-refractivity contribution in [2.75, 3.05) is 0 Å². The van der Waals surface area contributed by atoms with Crippen molar-refractivity contribution in [3.8, 4) is 0 Å². The van der Waals surface area contributed by atoms with Crippen molar-refractivity contribution in [1.29, 1.82) is 0 Å². The lowest BCUT2D eigenvalue weighted by molar-refractivity contribution is -0.603. The van der Waals surface area contributed by atoms with Gasteiger partial charge in [-0.05, 0) is 12.1 Å². The first-order valence-electron chi connectivity index (χ1n) is 4.71. The minimum atomic E-state index is 0.803. The molecule has 2 heterocycles. The molecule has 0 amide bonds. The van der Waals surface area contributed by atoms with E-state index in [2.05, 4.69) is 4.98 Å². The van der Waals surface area contributed by atoms with Crippen molar-refractivity contribution in [3.05, 3.63) is 54.1 Å². The zero-order chi connectivity index (χ0) is 10.3. The number of rotatable bonds is 0. The van der Waals surface area contributed by atoms with Crippen molar-refractivity contribution >= 4 is 21.7 Å². The summed E-state index contributed by atoms with van der Waals surface area (Å²) in [5.41, 5.74) is 0.940. The standard InChI is InChI=1S/C12H8N2O/c15-14-7-5-11-10(8-14)4-3-9-2-1-6-13-12(9)11/h1-8H. The van der Waals surface area contributed by atoms with Gasteiger partial charge in [0.15, 0.2) is 12.4 Å². The van der Waals surface area contributed by atoms with Gasteiger partial charge in [0.2, 0.25) is 0 Å². The van der Waals surface area contributed by atoms with Crippen LogP contribution in [0.5, 0.6) is 0 Å². The van der Waals surface area contributed by atoms with Crippen molar-refractivity contribution in [2.24, 2.45) is 0 Å². The second-order valence-electron chi connectivity index (χ2n) is 3.45. The molecule has 72 valence electrons. The van der Waals surface area contributed by atoms with Crippen molar-refractivity contribution in [1.82, 2.24) is 4.98 Å². The number of hydrogen-bond acceptors (Lipinski definition) is 2. The van der Waals surface area contributed by atoms with Crippen molar-refractivity contribution in [2.45, 2.75) is 0 Å². The molecular formula is C12H8N2O. The number of aromatic nitrogens is 2. The second kappa shape index (κ2) is 2.92. The maximum absolute atomic E-state index is 11.1. The molecule has 0 aliphatic rings. The third-order valence-electron chi connectivity index (χ3n) is 2.50. The molecular weight excluding hydrogens is 188 g/mol. The average molecular weight is 196 g/mol. The monoisotopic (exact) mass is 196 g/mol. The Morgan fingerprint density at radius 3 is 2.87 bits per heavy atom. The Hall–Kier alpha value is -2.16. The van der Waals surface area contributed by atoms with Gasteiger partial charge in [0.1, 0.15) is 0 Å². The van der Waals surface area contributed by atoms with Crippen LogP contribution in [0, 0.1) is 5.21 Å². The molecule has 0 atom stereocenters. The van der Waals surface area contributed by atoms with Crippen molar-refractivity contribution in [3.63, 3.8) is 0 Å². The third kappa shape index (κ3) is 1.21. The lowest BCUT2D eigenvalue weighted by Crippen LogP contribution is -2.23. The highest BCUT2D eigenvalue weighted by atomic mass is 16.5. The molecule has 15 heavy (non-hydrogen) atoms. The van der Waals surface area contributed by atoms with Gasteiger partial charge >= 0.3 is 0 Å². The van der Waals surface area contributed by atoms with Gasteiger partial charge in [-0.1, -0.05) is 12.1 Å². The summed E-state index contributed by atoms with van der Waals surface area (Å²) < 4.78 is 0.803. The Morgan fingerprint density at radius 1 is 1.07 bits per heavy atom. The molecule has 0 bridgehead atoms. The van der Waals surface area contributed by atoms with Gasteiger partial charge in [0, 0.05) is 28.4 Å². The summed E-state index contributed by atoms with van der Waals surface area (Å²) >= 11 is 0. The van der Waals surface area contributed by atoms with Gasteiger partial charge < -0.3 is 5.21 Å². The Bertz CT molecular complexity index is 649. The zero-order valence-corrected chi connectivity index (χ0v) is 7.92. The molecule has 0 saturated carbocycles. The Labute approximate surface area is 86.2 Å². The maximum atomic E-state index is 11.1. The molecule has 0 aliphatic carbocycles. The fraction of sp³-hybridized carbons (Fsp3) is 0. The molecule has 0 fully saturated rings. The van der Waals surface area contributed by atoms with Crippen LogP contribution in [-0.4, -0.2) is 4.98 Å². The summed E-state index contributed by atoms with van der Waals surface area (Å²) in [5, 5.41) is 14.1. The molecule has 0 saturated heterocycles. The van der Waals surface area contributed by atoms with Crippen LogP contribution in [0.1, 0.15) is 0 Å². The summed E-state index contributed by atoms with van der Waals surface area (Å²) in [6, 6.07) is 9.64. The Balaban J connectivity index is 2.55. The quantitative estimate of drug-likeness (QED) is 0.313. The highest BCUT2D eigenvalue weighted by Gasteiger charge is 2.03. The van der Waals surface area contributed by atoms with Gasteiger partial charge in [-0.25, -0.2) is 0 Å². The third-order valence-corrected chi connectivity index (χ3v) is 2.50. The molecule has 0 aliphatic heterocycles. The van der Waals surface area contributed by atoms with Gasteiger partial charge in [-0.3, -0.25) is 4.98 Å². The maximum Gasteiger partial charge on any atom is 0.188 e. The summed E-state index contributed by atoms with van der Waals surface area (Å²) in [6.07, 6.45) is 4.82. The molecule has 3 rings (SSSR count). The van der Waals surface area contributed by atoms with E-state index in [1.165, 1.54) is 6.20 Å². The number of hydrogen-bond donors (Lipinski definition) is 0. The number of nitrogens with zero attached hydrogens (tertiary/aromatic N) is 2. The van der Waals surface area contributed by atoms with E-state index in [-0.39, 0.29) is 0 Å². The summed E-state index contributed by atoms with van der Waals surface area (Å²) in [7, 11) is 0. The van der Waals surface area contributed by atoms with Crippen LogP contribution in [0.4, 0.5) is 0 Å². The van der Waals surface area contributed by atoms with Crippen LogP contribution in [-0.2, 0) is 0 Å². The average Bonchev–Trinajstić information content (AvgIpc) is 2.28. The number of benzene rings is 1. The van der Waals surface area contributed by atoms with E-state index >= 15 is 0 Å². The minimum Gasteiger partial charge on any atom is -0.619 e. The van der Waals surface area contributed by atoms with Crippen LogP contribution in [0.3, 0.4) is 0 Å². The van der Waals surface area contributed by atoms with E-state index in [0.717, 1.165) is 26.4 Å². The first kappa shape index (κ1) is 8.17. The predicted molar refractivity (Wildman–Crippen MR) is 58.2 cm³/mol. The van der Waals surface area contributed by atoms with Gasteiger partial charge in [-0.2, -0.15) is 4.73 Å². The van der Waals surface area contributed by atoms with Gasteiger partial charge in [0.05, 0.1) is 5.52 Å². The SMILES string of the molecule is [O-][n+]1ccc2c(ccc3cccnc32)c1. The molecule has 1 aromatic carbocycles. The summed E-state index contributed by atoms with van der Waals surface area (Å²) in [5.74, 6) is 0. The zero-order valence-electron chi connectivity index (χ0n) is 7.92. The fourth-order valence-corrected chi connectivity index (χ4v) is 1.80. The molecule has 3 aromatic rings. The first-order valence-corrected chi connectivity index (χ1v) is 4.71. The molecule has 0 unspecified atom stereocenters. The second-order valence-corrected chi connectivity index (χ2v) is 3.45. The molecule has 3 nitrogen and oxygen atoms in total. The molecule has 0 N–H and O–H groups in total. The van der Waals surface area contributed by atoms with E-state index in [0.29, 0.717) is 0 Å². The lowest BCUT2D eigenvalue weighted by atomic mass is 10.1. The van der Waals surface area contributed by atoms with Crippen LogP contribution in [0.15, 0.2) is 48.9 Å². The predicted octanol–water partition coefficient (Wildman–Crippen LogP) is 2.02. The topological polar surface area (TPSA) is 39.8 Å². The fourth-order valence-electron chi connectivity index (χ4n) is 1.80. The van der Waals surface area contributed by atoms with E-state index in [1.54, 1.807) is 18.5 Å². The molecule has 2 aromatic heterocycles. The van der Waals surface area contributed by atoms with Crippen LogP contribution in [0.25, 0.3) is 21.7 Å². The van der Waals surface area contributed by atoms with Crippen LogP contribution < -0.4 is 4.73 Å². The summed E-state index contributed by atoms with van der Waals surface area (Å²) in [4.78, 5) is 4.33. The Morgan fingerprint density at radius 2 is 1.93 bits per heavy atom. The van der Waals surface area contributed by atoms with Gasteiger partial charge in [0.25, 0.3) is 0 Å². The van der Waals surface area contributed by atoms with E-state index < -0.39 is 0 Å². The van der Waals surface area contributed by atoms with Crippen molar-refractivity contribution < 1.29 is 4.73 Å². The number of pyridine rings is 2. The van der Waals surface area contributed by atoms with E-state index in [4.69, 9.17) is 0 Å². The minimum absolute atomic E-state index is 0.803. The van der Waals surface area contributed by atoms with Gasteiger partial charge in [-0.15, -0.1) is 0 Å².